The van der Waals surface area contributed by atoms with Crippen LogP contribution in [0.3, 0.4) is 0 Å². The monoisotopic (exact) mass is 402 g/mol. The summed E-state index contributed by atoms with van der Waals surface area (Å²) in [6, 6.07) is 20.3. The van der Waals surface area contributed by atoms with Gasteiger partial charge < -0.3 is 4.98 Å². The lowest BCUT2D eigenvalue weighted by atomic mass is 10.1. The minimum absolute atomic E-state index is 0.793. The van der Waals surface area contributed by atoms with E-state index < -0.39 is 0 Å². The first-order chi connectivity index (χ1) is 15.3. The van der Waals surface area contributed by atoms with Gasteiger partial charge in [0.1, 0.15) is 11.2 Å². The molecular weight excluding hydrogens is 384 g/mol. The maximum atomic E-state index is 4.93. The van der Waals surface area contributed by atoms with Crippen LogP contribution in [0.1, 0.15) is 5.56 Å². The van der Waals surface area contributed by atoms with E-state index in [0.717, 1.165) is 61.4 Å². The van der Waals surface area contributed by atoms with Gasteiger partial charge in [-0.3, -0.25) is 15.1 Å². The quantitative estimate of drug-likeness (QED) is 0.407. The summed E-state index contributed by atoms with van der Waals surface area (Å²) in [5.74, 6) is 0. The van der Waals surface area contributed by atoms with Crippen LogP contribution in [0.25, 0.3) is 55.8 Å². The fourth-order valence-corrected chi connectivity index (χ4v) is 4.00. The number of benzene rings is 1. The number of aromatic nitrogens is 6. The highest BCUT2D eigenvalue weighted by atomic mass is 15.1. The standard InChI is InChI=1S/C25H18N6/c1-15-10-12-26-14-18(15)21-8-9-22-24(29-21)25(31-30-22)23-13-17-16(5-4-7-20(17)28-23)19-6-2-3-11-27-19/h2-14,28H,1H3,(H,30,31). The van der Waals surface area contributed by atoms with E-state index in [2.05, 4.69) is 50.3 Å². The van der Waals surface area contributed by atoms with Crippen molar-refractivity contribution in [2.75, 3.05) is 0 Å². The molecule has 1 aromatic carbocycles. The summed E-state index contributed by atoms with van der Waals surface area (Å²) in [7, 11) is 0. The number of hydrogen-bond acceptors (Lipinski definition) is 4. The molecule has 0 saturated carbocycles. The molecule has 0 bridgehead atoms. The smallest absolute Gasteiger partial charge is 0.135 e. The summed E-state index contributed by atoms with van der Waals surface area (Å²) in [5.41, 5.74) is 9.52. The number of hydrogen-bond donors (Lipinski definition) is 2. The first kappa shape index (κ1) is 17.5. The maximum absolute atomic E-state index is 4.93. The Morgan fingerprint density at radius 3 is 2.65 bits per heavy atom. The summed E-state index contributed by atoms with van der Waals surface area (Å²) in [5, 5.41) is 8.78. The van der Waals surface area contributed by atoms with Crippen molar-refractivity contribution in [3.05, 3.63) is 84.8 Å². The van der Waals surface area contributed by atoms with Crippen LogP contribution in [-0.4, -0.2) is 30.1 Å². The van der Waals surface area contributed by atoms with Crippen LogP contribution in [-0.2, 0) is 0 Å². The van der Waals surface area contributed by atoms with E-state index in [1.807, 2.05) is 54.9 Å². The molecule has 6 heteroatoms. The number of H-pyrrole nitrogens is 2. The zero-order valence-electron chi connectivity index (χ0n) is 16.8. The number of aromatic amines is 2. The first-order valence-corrected chi connectivity index (χ1v) is 10.1. The molecule has 0 aliphatic heterocycles. The van der Waals surface area contributed by atoms with Crippen LogP contribution in [0.15, 0.2) is 79.3 Å². The van der Waals surface area contributed by atoms with Gasteiger partial charge in [0, 0.05) is 40.6 Å². The van der Waals surface area contributed by atoms with E-state index in [9.17, 15) is 0 Å². The minimum Gasteiger partial charge on any atom is -0.353 e. The lowest BCUT2D eigenvalue weighted by Gasteiger charge is -2.04. The molecule has 0 saturated heterocycles. The van der Waals surface area contributed by atoms with E-state index in [1.165, 1.54) is 0 Å². The number of nitrogens with zero attached hydrogens (tertiary/aromatic N) is 4. The van der Waals surface area contributed by atoms with Crippen molar-refractivity contribution in [3.8, 4) is 33.9 Å². The molecule has 148 valence electrons. The number of nitrogens with one attached hydrogen (secondary N) is 2. The van der Waals surface area contributed by atoms with E-state index in [-0.39, 0.29) is 0 Å². The zero-order chi connectivity index (χ0) is 20.8. The van der Waals surface area contributed by atoms with Crippen molar-refractivity contribution in [2.24, 2.45) is 0 Å². The molecule has 0 aliphatic rings. The molecule has 6 rings (SSSR count). The number of rotatable bonds is 3. The topological polar surface area (TPSA) is 83.1 Å². The highest BCUT2D eigenvalue weighted by molar-refractivity contribution is 6.00. The van der Waals surface area contributed by atoms with Crippen molar-refractivity contribution < 1.29 is 0 Å². The van der Waals surface area contributed by atoms with Gasteiger partial charge >= 0.3 is 0 Å². The third kappa shape index (κ3) is 2.88. The predicted octanol–water partition coefficient (Wildman–Crippen LogP) is 5.54. The average molecular weight is 402 g/mol. The van der Waals surface area contributed by atoms with Gasteiger partial charge in [-0.2, -0.15) is 5.10 Å². The van der Waals surface area contributed by atoms with Gasteiger partial charge in [0.25, 0.3) is 0 Å². The molecular formula is C25H18N6. The second-order valence-corrected chi connectivity index (χ2v) is 7.52. The Morgan fingerprint density at radius 2 is 1.77 bits per heavy atom. The fraction of sp³-hybridized carbons (Fsp3) is 0.0400. The molecule has 0 spiro atoms. The molecule has 0 aliphatic carbocycles. The van der Waals surface area contributed by atoms with Crippen LogP contribution >= 0.6 is 0 Å². The van der Waals surface area contributed by atoms with Crippen LogP contribution in [0.2, 0.25) is 0 Å². The van der Waals surface area contributed by atoms with Crippen LogP contribution in [0, 0.1) is 6.92 Å². The second-order valence-electron chi connectivity index (χ2n) is 7.52. The Kier molecular flexibility index (Phi) is 3.89. The molecule has 0 unspecified atom stereocenters. The van der Waals surface area contributed by atoms with Gasteiger partial charge in [0.05, 0.1) is 22.6 Å². The lowest BCUT2D eigenvalue weighted by Crippen LogP contribution is -1.89. The Hall–Kier alpha value is -4.32. The van der Waals surface area contributed by atoms with Crippen molar-refractivity contribution in [3.63, 3.8) is 0 Å². The van der Waals surface area contributed by atoms with Gasteiger partial charge in [-0.15, -0.1) is 0 Å². The molecule has 31 heavy (non-hydrogen) atoms. The van der Waals surface area contributed by atoms with E-state index in [1.54, 1.807) is 6.20 Å². The molecule has 5 aromatic heterocycles. The first-order valence-electron chi connectivity index (χ1n) is 10.1. The van der Waals surface area contributed by atoms with Gasteiger partial charge in [-0.25, -0.2) is 4.98 Å². The molecule has 0 fully saturated rings. The van der Waals surface area contributed by atoms with E-state index >= 15 is 0 Å². The van der Waals surface area contributed by atoms with Crippen LogP contribution < -0.4 is 0 Å². The number of aryl methyl sites for hydroxylation is 1. The van der Waals surface area contributed by atoms with Gasteiger partial charge in [-0.1, -0.05) is 18.2 Å². The molecule has 2 N–H and O–H groups in total. The molecule has 0 amide bonds. The highest BCUT2D eigenvalue weighted by Crippen LogP contribution is 2.33. The lowest BCUT2D eigenvalue weighted by molar-refractivity contribution is 1.12. The summed E-state index contributed by atoms with van der Waals surface area (Å²) >= 11 is 0. The predicted molar refractivity (Wildman–Crippen MR) is 122 cm³/mol. The Balaban J connectivity index is 1.52. The van der Waals surface area contributed by atoms with Crippen LogP contribution in [0.4, 0.5) is 0 Å². The Morgan fingerprint density at radius 1 is 0.806 bits per heavy atom. The van der Waals surface area contributed by atoms with Crippen molar-refractivity contribution in [1.82, 2.24) is 30.1 Å². The summed E-state index contributed by atoms with van der Waals surface area (Å²) < 4.78 is 0. The SMILES string of the molecule is Cc1ccncc1-c1ccc2[nH]nc(-c3cc4c(-c5ccccn5)cccc4[nH]3)c2n1. The average Bonchev–Trinajstić information content (AvgIpc) is 3.43. The van der Waals surface area contributed by atoms with Gasteiger partial charge in [0.15, 0.2) is 0 Å². The van der Waals surface area contributed by atoms with Crippen molar-refractivity contribution in [2.45, 2.75) is 6.92 Å². The van der Waals surface area contributed by atoms with E-state index in [0.29, 0.717) is 0 Å². The number of fused-ring (bicyclic) bond motifs is 2. The molecule has 6 aromatic rings. The van der Waals surface area contributed by atoms with E-state index in [4.69, 9.17) is 4.98 Å². The highest BCUT2D eigenvalue weighted by Gasteiger charge is 2.16. The van der Waals surface area contributed by atoms with Crippen molar-refractivity contribution >= 4 is 21.9 Å². The Bertz CT molecular complexity index is 1550. The molecule has 6 nitrogen and oxygen atoms in total. The largest absolute Gasteiger partial charge is 0.353 e. The Labute approximate surface area is 178 Å². The van der Waals surface area contributed by atoms with Gasteiger partial charge in [-0.05, 0) is 55.0 Å². The molecule has 0 atom stereocenters. The maximum Gasteiger partial charge on any atom is 0.135 e. The zero-order valence-corrected chi connectivity index (χ0v) is 16.8. The molecule has 5 heterocycles. The third-order valence-electron chi connectivity index (χ3n) is 5.58. The third-order valence-corrected chi connectivity index (χ3v) is 5.58. The second kappa shape index (κ2) is 6.88. The summed E-state index contributed by atoms with van der Waals surface area (Å²) in [6.45, 7) is 2.07. The molecule has 0 radical (unpaired) electrons. The van der Waals surface area contributed by atoms with Gasteiger partial charge in [0.2, 0.25) is 0 Å². The normalized spacial score (nSPS) is 11.4. The summed E-state index contributed by atoms with van der Waals surface area (Å²) in [6.07, 6.45) is 5.46. The van der Waals surface area contributed by atoms with Crippen LogP contribution in [0.5, 0.6) is 0 Å². The minimum atomic E-state index is 0.793. The summed E-state index contributed by atoms with van der Waals surface area (Å²) in [4.78, 5) is 17.2. The van der Waals surface area contributed by atoms with Crippen molar-refractivity contribution in [1.29, 1.82) is 0 Å². The fourth-order valence-electron chi connectivity index (χ4n) is 4.00. The number of pyridine rings is 3.